The Morgan fingerprint density at radius 2 is 2.12 bits per heavy atom. The van der Waals surface area contributed by atoms with Gasteiger partial charge in [-0.2, -0.15) is 5.10 Å². The Morgan fingerprint density at radius 1 is 1.31 bits per heavy atom. The first kappa shape index (κ1) is 18.1. The summed E-state index contributed by atoms with van der Waals surface area (Å²) >= 11 is 6.00. The second-order valence-corrected chi connectivity index (χ2v) is 6.47. The molecule has 0 saturated carbocycles. The molecule has 0 unspecified atom stereocenters. The van der Waals surface area contributed by atoms with Crippen molar-refractivity contribution in [2.24, 2.45) is 7.05 Å². The van der Waals surface area contributed by atoms with E-state index in [1.54, 1.807) is 28.9 Å². The topological polar surface area (TPSA) is 69.3 Å². The maximum atomic E-state index is 12.2. The average Bonchev–Trinajstić information content (AvgIpc) is 3.20. The molecule has 1 N–H and O–H groups in total. The summed E-state index contributed by atoms with van der Waals surface area (Å²) in [5.41, 5.74) is 2.79. The lowest BCUT2D eigenvalue weighted by Crippen LogP contribution is -2.22. The quantitative estimate of drug-likeness (QED) is 0.713. The van der Waals surface area contributed by atoms with Gasteiger partial charge in [0.25, 0.3) is 5.91 Å². The number of aromatic nitrogens is 2. The number of aryl methyl sites for hydroxylation is 3. The Balaban J connectivity index is 1.55. The number of benzene rings is 1. The summed E-state index contributed by atoms with van der Waals surface area (Å²) in [6.07, 6.45) is 1.88. The molecule has 0 radical (unpaired) electrons. The molecule has 0 spiro atoms. The van der Waals surface area contributed by atoms with Gasteiger partial charge in [0.05, 0.1) is 5.69 Å². The van der Waals surface area contributed by atoms with E-state index in [0.717, 1.165) is 16.8 Å². The molecule has 0 bridgehead atoms. The van der Waals surface area contributed by atoms with Crippen LogP contribution in [0.4, 0.5) is 0 Å². The normalized spacial score (nSPS) is 10.8. The molecule has 6 nitrogen and oxygen atoms in total. The van der Waals surface area contributed by atoms with E-state index in [1.807, 2.05) is 33.2 Å². The highest BCUT2D eigenvalue weighted by molar-refractivity contribution is 6.31. The Kier molecular flexibility index (Phi) is 5.32. The largest absolute Gasteiger partial charge is 0.486 e. The van der Waals surface area contributed by atoms with Gasteiger partial charge >= 0.3 is 0 Å². The molecule has 3 aromatic rings. The van der Waals surface area contributed by atoms with Crippen molar-refractivity contribution in [1.82, 2.24) is 15.1 Å². The van der Waals surface area contributed by atoms with Crippen molar-refractivity contribution in [1.29, 1.82) is 0 Å². The fourth-order valence-corrected chi connectivity index (χ4v) is 2.64. The van der Waals surface area contributed by atoms with Crippen LogP contribution in [0.25, 0.3) is 0 Å². The van der Waals surface area contributed by atoms with Gasteiger partial charge in [0.15, 0.2) is 5.76 Å². The lowest BCUT2D eigenvalue weighted by molar-refractivity contribution is 0.0919. The first-order valence-corrected chi connectivity index (χ1v) is 8.55. The van der Waals surface area contributed by atoms with Gasteiger partial charge in [0.2, 0.25) is 0 Å². The van der Waals surface area contributed by atoms with Crippen LogP contribution in [0.3, 0.4) is 0 Å². The van der Waals surface area contributed by atoms with Crippen molar-refractivity contribution in [3.63, 3.8) is 0 Å². The maximum absolute atomic E-state index is 12.2. The Morgan fingerprint density at radius 3 is 2.81 bits per heavy atom. The van der Waals surface area contributed by atoms with Crippen LogP contribution in [0.1, 0.15) is 33.1 Å². The minimum Gasteiger partial charge on any atom is -0.486 e. The lowest BCUT2D eigenvalue weighted by Gasteiger charge is -2.06. The van der Waals surface area contributed by atoms with Crippen molar-refractivity contribution >= 4 is 17.5 Å². The van der Waals surface area contributed by atoms with Crippen LogP contribution >= 0.6 is 11.6 Å². The van der Waals surface area contributed by atoms with Gasteiger partial charge in [-0.15, -0.1) is 0 Å². The van der Waals surface area contributed by atoms with Crippen LogP contribution < -0.4 is 10.1 Å². The first-order chi connectivity index (χ1) is 12.4. The number of hydrogen-bond acceptors (Lipinski definition) is 4. The van der Waals surface area contributed by atoms with E-state index in [0.29, 0.717) is 23.1 Å². The average molecular weight is 374 g/mol. The number of carbonyl (C=O) groups excluding carboxylic acids is 1. The van der Waals surface area contributed by atoms with Gasteiger partial charge in [0, 0.05) is 30.4 Å². The van der Waals surface area contributed by atoms with Crippen molar-refractivity contribution < 1.29 is 13.9 Å². The van der Waals surface area contributed by atoms with Gasteiger partial charge in [-0.1, -0.05) is 11.6 Å². The molecule has 26 heavy (non-hydrogen) atoms. The highest BCUT2D eigenvalue weighted by Crippen LogP contribution is 2.22. The molecule has 0 saturated heterocycles. The number of nitrogens with zero attached hydrogens (tertiary/aromatic N) is 2. The van der Waals surface area contributed by atoms with Crippen LogP contribution in [-0.2, 0) is 20.2 Å². The Labute approximate surface area is 156 Å². The highest BCUT2D eigenvalue weighted by Gasteiger charge is 2.13. The third-order valence-corrected chi connectivity index (χ3v) is 4.37. The Bertz CT molecular complexity index is 930. The van der Waals surface area contributed by atoms with Crippen LogP contribution in [0.5, 0.6) is 5.75 Å². The van der Waals surface area contributed by atoms with Gasteiger partial charge in [-0.3, -0.25) is 9.48 Å². The second-order valence-electron chi connectivity index (χ2n) is 6.06. The smallest absolute Gasteiger partial charge is 0.287 e. The van der Waals surface area contributed by atoms with E-state index in [9.17, 15) is 4.79 Å². The predicted molar refractivity (Wildman–Crippen MR) is 98.3 cm³/mol. The van der Waals surface area contributed by atoms with E-state index in [-0.39, 0.29) is 18.3 Å². The van der Waals surface area contributed by atoms with Gasteiger partial charge in [-0.25, -0.2) is 0 Å². The van der Waals surface area contributed by atoms with E-state index < -0.39 is 0 Å². The molecule has 7 heteroatoms. The molecule has 2 aromatic heterocycles. The van der Waals surface area contributed by atoms with Gasteiger partial charge in [-0.05, 0) is 49.7 Å². The number of amides is 1. The maximum Gasteiger partial charge on any atom is 0.287 e. The zero-order valence-corrected chi connectivity index (χ0v) is 15.6. The van der Waals surface area contributed by atoms with Gasteiger partial charge in [0.1, 0.15) is 18.1 Å². The summed E-state index contributed by atoms with van der Waals surface area (Å²) in [7, 11) is 1.85. The molecule has 0 aliphatic heterocycles. The second kappa shape index (κ2) is 7.66. The molecule has 2 heterocycles. The van der Waals surface area contributed by atoms with Crippen molar-refractivity contribution in [3.05, 3.63) is 69.9 Å². The summed E-state index contributed by atoms with van der Waals surface area (Å²) in [6, 6.07) is 8.80. The highest BCUT2D eigenvalue weighted by atomic mass is 35.5. The fourth-order valence-electron chi connectivity index (χ4n) is 2.52. The molecular formula is C19H20ClN3O3. The summed E-state index contributed by atoms with van der Waals surface area (Å²) in [5, 5.41) is 7.77. The standard InChI is InChI=1S/C19H20ClN3O3/c1-12-8-15(4-6-17(12)20)25-11-16-5-7-18(26-16)19(24)21-9-14-10-23(3)22-13(14)2/h4-8,10H,9,11H2,1-3H3,(H,21,24). The van der Waals surface area contributed by atoms with Crippen LogP contribution in [0.2, 0.25) is 5.02 Å². The minimum atomic E-state index is -0.276. The van der Waals surface area contributed by atoms with Gasteiger partial charge < -0.3 is 14.5 Å². The number of nitrogens with one attached hydrogen (secondary N) is 1. The number of furan rings is 1. The predicted octanol–water partition coefficient (Wildman–Crippen LogP) is 3.79. The van der Waals surface area contributed by atoms with Crippen LogP contribution in [0.15, 0.2) is 40.9 Å². The van der Waals surface area contributed by atoms with Crippen LogP contribution in [-0.4, -0.2) is 15.7 Å². The molecule has 1 amide bonds. The summed E-state index contributed by atoms with van der Waals surface area (Å²) in [5.74, 6) is 1.24. The number of hydrogen-bond donors (Lipinski definition) is 1. The lowest BCUT2D eigenvalue weighted by atomic mass is 10.2. The molecule has 0 fully saturated rings. The molecular weight excluding hydrogens is 354 g/mol. The summed E-state index contributed by atoms with van der Waals surface area (Å²) < 4.78 is 13.0. The molecule has 136 valence electrons. The van der Waals surface area contributed by atoms with E-state index in [2.05, 4.69) is 10.4 Å². The Hall–Kier alpha value is -2.73. The molecule has 0 aliphatic rings. The van der Waals surface area contributed by atoms with Crippen molar-refractivity contribution in [2.45, 2.75) is 27.0 Å². The van der Waals surface area contributed by atoms with E-state index in [4.69, 9.17) is 20.8 Å². The van der Waals surface area contributed by atoms with E-state index >= 15 is 0 Å². The summed E-state index contributed by atoms with van der Waals surface area (Å²) in [4.78, 5) is 12.2. The zero-order chi connectivity index (χ0) is 18.7. The van der Waals surface area contributed by atoms with Crippen molar-refractivity contribution in [2.75, 3.05) is 0 Å². The number of halogens is 1. The number of carbonyl (C=O) groups is 1. The molecule has 3 rings (SSSR count). The fraction of sp³-hybridized carbons (Fsp3) is 0.263. The minimum absolute atomic E-state index is 0.232. The zero-order valence-electron chi connectivity index (χ0n) is 14.9. The molecule has 1 aromatic carbocycles. The third kappa shape index (κ3) is 4.26. The first-order valence-electron chi connectivity index (χ1n) is 8.17. The number of rotatable bonds is 6. The van der Waals surface area contributed by atoms with Crippen molar-refractivity contribution in [3.8, 4) is 5.75 Å². The number of ether oxygens (including phenoxy) is 1. The monoisotopic (exact) mass is 373 g/mol. The SMILES string of the molecule is Cc1cc(OCc2ccc(C(=O)NCc3cn(C)nc3C)o2)ccc1Cl. The molecule has 0 atom stereocenters. The van der Waals surface area contributed by atoms with Crippen LogP contribution in [0, 0.1) is 13.8 Å². The van der Waals surface area contributed by atoms with E-state index in [1.165, 1.54) is 0 Å². The molecule has 0 aliphatic carbocycles. The summed E-state index contributed by atoms with van der Waals surface area (Å²) in [6.45, 7) is 4.45. The third-order valence-electron chi connectivity index (χ3n) is 3.95.